The summed E-state index contributed by atoms with van der Waals surface area (Å²) < 4.78 is 0. The number of hydrogen-bond acceptors (Lipinski definition) is 2. The second kappa shape index (κ2) is 7.44. The second-order valence-corrected chi connectivity index (χ2v) is 13.9. The number of Topliss-reactive ketones (excluding diaryl/α,β-unsaturated/α-hetero) is 1. The molecule has 5 saturated carbocycles. The highest BCUT2D eigenvalue weighted by Gasteiger charge is 2.68. The monoisotopic (exact) mass is 453 g/mol. The lowest BCUT2D eigenvalue weighted by Crippen LogP contribution is -2.63. The minimum atomic E-state index is -0.185. The van der Waals surface area contributed by atoms with Gasteiger partial charge in [0.2, 0.25) is 5.91 Å². The number of fused-ring (bicyclic) bond motifs is 7. The largest absolute Gasteiger partial charge is 0.359 e. The predicted molar refractivity (Wildman–Crippen MR) is 133 cm³/mol. The second-order valence-electron chi connectivity index (χ2n) is 13.9. The molecule has 0 bridgehead atoms. The first-order valence-corrected chi connectivity index (χ1v) is 13.8. The SMILES string of the molecule is C=C(C)C1CCC2(C(=O)NC)CCC3(C)C(CCC4C3CCC3C(C)(C)C(=O)CCC43C)C12. The van der Waals surface area contributed by atoms with E-state index in [0.29, 0.717) is 40.8 Å². The molecule has 0 heterocycles. The van der Waals surface area contributed by atoms with Crippen molar-refractivity contribution in [2.24, 2.45) is 57.2 Å². The van der Waals surface area contributed by atoms with Crippen molar-refractivity contribution in [2.45, 2.75) is 98.8 Å². The van der Waals surface area contributed by atoms with E-state index >= 15 is 0 Å². The summed E-state index contributed by atoms with van der Waals surface area (Å²) >= 11 is 0. The van der Waals surface area contributed by atoms with Crippen LogP contribution < -0.4 is 5.32 Å². The first-order chi connectivity index (χ1) is 15.4. The molecule has 184 valence electrons. The molecule has 0 aromatic heterocycles. The zero-order chi connectivity index (χ0) is 24.0. The Bertz CT molecular complexity index is 875. The summed E-state index contributed by atoms with van der Waals surface area (Å²) in [6, 6.07) is 0. The summed E-state index contributed by atoms with van der Waals surface area (Å²) in [5.41, 5.74) is 1.53. The van der Waals surface area contributed by atoms with E-state index < -0.39 is 0 Å². The Kier molecular flexibility index (Phi) is 5.32. The van der Waals surface area contributed by atoms with Crippen LogP contribution in [0.15, 0.2) is 12.2 Å². The Balaban J connectivity index is 1.52. The molecule has 1 N–H and O–H groups in total. The van der Waals surface area contributed by atoms with E-state index in [0.717, 1.165) is 43.9 Å². The van der Waals surface area contributed by atoms with E-state index in [4.69, 9.17) is 0 Å². The quantitative estimate of drug-likeness (QED) is 0.481. The number of amides is 1. The average molecular weight is 454 g/mol. The maximum absolute atomic E-state index is 13.4. The lowest BCUT2D eigenvalue weighted by Gasteiger charge is -2.67. The lowest BCUT2D eigenvalue weighted by molar-refractivity contribution is -0.193. The van der Waals surface area contributed by atoms with Crippen molar-refractivity contribution < 1.29 is 9.59 Å². The van der Waals surface area contributed by atoms with E-state index in [-0.39, 0.29) is 16.2 Å². The van der Waals surface area contributed by atoms with Gasteiger partial charge < -0.3 is 5.32 Å². The van der Waals surface area contributed by atoms with Gasteiger partial charge in [-0.05, 0) is 111 Å². The van der Waals surface area contributed by atoms with E-state index in [9.17, 15) is 9.59 Å². The number of carbonyl (C=O) groups is 2. The molecule has 33 heavy (non-hydrogen) atoms. The summed E-state index contributed by atoms with van der Waals surface area (Å²) in [5.74, 6) is 4.32. The Morgan fingerprint density at radius 1 is 0.879 bits per heavy atom. The molecule has 5 rings (SSSR count). The molecular weight excluding hydrogens is 406 g/mol. The maximum atomic E-state index is 13.4. The molecule has 1 amide bonds. The molecule has 3 heteroatoms. The summed E-state index contributed by atoms with van der Waals surface area (Å²) in [6.07, 6.45) is 11.3. The van der Waals surface area contributed by atoms with Crippen molar-refractivity contribution in [3.63, 3.8) is 0 Å². The summed E-state index contributed by atoms with van der Waals surface area (Å²) in [5, 5.41) is 3.08. The predicted octanol–water partition coefficient (Wildman–Crippen LogP) is 6.57. The summed E-state index contributed by atoms with van der Waals surface area (Å²) in [7, 11) is 1.83. The van der Waals surface area contributed by atoms with Gasteiger partial charge in [0, 0.05) is 18.9 Å². The molecule has 0 aliphatic heterocycles. The third kappa shape index (κ3) is 2.92. The van der Waals surface area contributed by atoms with Crippen LogP contribution in [0.4, 0.5) is 0 Å². The van der Waals surface area contributed by atoms with E-state index in [2.05, 4.69) is 46.5 Å². The van der Waals surface area contributed by atoms with Gasteiger partial charge in [-0.15, -0.1) is 0 Å². The van der Waals surface area contributed by atoms with Gasteiger partial charge in [-0.3, -0.25) is 9.59 Å². The normalized spacial score (nSPS) is 50.4. The fourth-order valence-electron chi connectivity index (χ4n) is 11.1. The Hall–Kier alpha value is -1.12. The number of carbonyl (C=O) groups excluding carboxylic acids is 2. The molecule has 5 fully saturated rings. The first kappa shape index (κ1) is 23.6. The Labute approximate surface area is 201 Å². The number of ketones is 1. The van der Waals surface area contributed by atoms with Crippen molar-refractivity contribution in [2.75, 3.05) is 7.05 Å². The molecule has 9 unspecified atom stereocenters. The summed E-state index contributed by atoms with van der Waals surface area (Å²) in [6.45, 7) is 16.2. The highest BCUT2D eigenvalue weighted by atomic mass is 16.2. The van der Waals surface area contributed by atoms with Gasteiger partial charge in [-0.25, -0.2) is 0 Å². The zero-order valence-electron chi connectivity index (χ0n) is 22.1. The van der Waals surface area contributed by atoms with E-state index in [1.807, 2.05) is 7.05 Å². The number of allylic oxidation sites excluding steroid dienone is 1. The van der Waals surface area contributed by atoms with Gasteiger partial charge >= 0.3 is 0 Å². The highest BCUT2D eigenvalue weighted by molar-refractivity contribution is 5.85. The van der Waals surface area contributed by atoms with Crippen LogP contribution in [0.25, 0.3) is 0 Å². The fraction of sp³-hybridized carbons (Fsp3) is 0.867. The van der Waals surface area contributed by atoms with Crippen LogP contribution in [-0.4, -0.2) is 18.7 Å². The minimum Gasteiger partial charge on any atom is -0.359 e. The van der Waals surface area contributed by atoms with Crippen LogP contribution in [0.5, 0.6) is 0 Å². The molecule has 9 atom stereocenters. The molecule has 0 aromatic carbocycles. The van der Waals surface area contributed by atoms with Gasteiger partial charge in [0.15, 0.2) is 0 Å². The van der Waals surface area contributed by atoms with Crippen LogP contribution in [0, 0.1) is 57.2 Å². The van der Waals surface area contributed by atoms with Crippen molar-refractivity contribution in [1.29, 1.82) is 0 Å². The third-order valence-corrected chi connectivity index (χ3v) is 12.7. The van der Waals surface area contributed by atoms with Crippen LogP contribution >= 0.6 is 0 Å². The number of rotatable bonds is 2. The number of hydrogen-bond donors (Lipinski definition) is 1. The maximum Gasteiger partial charge on any atom is 0.226 e. The Morgan fingerprint density at radius 3 is 2.18 bits per heavy atom. The standard InChI is InChI=1S/C30H47NO2/c1-18(2)19-12-15-30(26(33)31-7)17-16-28(5)20-10-11-23-27(3,4)24(32)13-14-29(23,6)21(20)8-9-22(28)25(19)30/h19-23,25H,1,8-17H2,2-7H3,(H,31,33). The average Bonchev–Trinajstić information content (AvgIpc) is 3.17. The molecular formula is C30H47NO2. The van der Waals surface area contributed by atoms with Gasteiger partial charge in [-0.1, -0.05) is 39.8 Å². The highest BCUT2D eigenvalue weighted by Crippen LogP contribution is 2.73. The third-order valence-electron chi connectivity index (χ3n) is 12.7. The molecule has 0 spiro atoms. The van der Waals surface area contributed by atoms with Crippen LogP contribution in [-0.2, 0) is 9.59 Å². The van der Waals surface area contributed by atoms with E-state index in [1.165, 1.54) is 37.7 Å². The lowest BCUT2D eigenvalue weighted by atomic mass is 9.37. The molecule has 5 aliphatic carbocycles. The molecule has 0 saturated heterocycles. The van der Waals surface area contributed by atoms with Gasteiger partial charge in [0.25, 0.3) is 0 Å². The topological polar surface area (TPSA) is 46.2 Å². The minimum absolute atomic E-state index is 0.173. The van der Waals surface area contributed by atoms with Crippen LogP contribution in [0.1, 0.15) is 98.8 Å². The van der Waals surface area contributed by atoms with Crippen LogP contribution in [0.3, 0.4) is 0 Å². The number of nitrogens with one attached hydrogen (secondary N) is 1. The smallest absolute Gasteiger partial charge is 0.226 e. The van der Waals surface area contributed by atoms with Gasteiger partial charge in [0.05, 0.1) is 5.41 Å². The summed E-state index contributed by atoms with van der Waals surface area (Å²) in [4.78, 5) is 26.2. The van der Waals surface area contributed by atoms with Crippen molar-refractivity contribution in [1.82, 2.24) is 5.32 Å². The van der Waals surface area contributed by atoms with Crippen molar-refractivity contribution in [3.05, 3.63) is 12.2 Å². The Morgan fingerprint density at radius 2 is 1.52 bits per heavy atom. The van der Waals surface area contributed by atoms with Crippen molar-refractivity contribution >= 4 is 11.7 Å². The zero-order valence-corrected chi connectivity index (χ0v) is 22.1. The molecule has 3 nitrogen and oxygen atoms in total. The molecule has 0 radical (unpaired) electrons. The molecule has 5 aliphatic rings. The van der Waals surface area contributed by atoms with E-state index in [1.54, 1.807) is 0 Å². The molecule has 0 aromatic rings. The van der Waals surface area contributed by atoms with Crippen LogP contribution in [0.2, 0.25) is 0 Å². The van der Waals surface area contributed by atoms with Crippen molar-refractivity contribution in [3.8, 4) is 0 Å². The van der Waals surface area contributed by atoms with Gasteiger partial charge in [0.1, 0.15) is 5.78 Å². The fourth-order valence-corrected chi connectivity index (χ4v) is 11.1. The first-order valence-electron chi connectivity index (χ1n) is 13.8. The van der Waals surface area contributed by atoms with Gasteiger partial charge in [-0.2, -0.15) is 0 Å².